The van der Waals surface area contributed by atoms with Crippen molar-refractivity contribution in [3.63, 3.8) is 0 Å². The van der Waals surface area contributed by atoms with E-state index in [0.29, 0.717) is 15.9 Å². The highest BCUT2D eigenvalue weighted by atomic mass is 35.5. The number of benzene rings is 1. The Morgan fingerprint density at radius 1 is 1.09 bits per heavy atom. The van der Waals surface area contributed by atoms with Gasteiger partial charge >= 0.3 is 11.9 Å². The Morgan fingerprint density at radius 3 is 2.38 bits per heavy atom. The summed E-state index contributed by atoms with van der Waals surface area (Å²) in [6, 6.07) is 11.3. The minimum Gasteiger partial charge on any atom is -0.479 e. The van der Waals surface area contributed by atoms with Crippen molar-refractivity contribution < 1.29 is 32.2 Å². The largest absolute Gasteiger partial charge is 0.479 e. The summed E-state index contributed by atoms with van der Waals surface area (Å²) in [4.78, 5) is 29.5. The lowest BCUT2D eigenvalue weighted by atomic mass is 10.2. The van der Waals surface area contributed by atoms with Crippen LogP contribution in [0.2, 0.25) is 0 Å². The lowest BCUT2D eigenvalue weighted by molar-refractivity contribution is -0.157. The molecule has 0 bridgehead atoms. The molecule has 3 aromatic rings. The highest BCUT2D eigenvalue weighted by Gasteiger charge is 2.24. The van der Waals surface area contributed by atoms with Crippen LogP contribution in [0.3, 0.4) is 0 Å². The van der Waals surface area contributed by atoms with E-state index in [1.54, 1.807) is 51.1 Å². The molecule has 0 fully saturated rings. The van der Waals surface area contributed by atoms with Crippen molar-refractivity contribution in [1.82, 2.24) is 9.71 Å². The van der Waals surface area contributed by atoms with Gasteiger partial charge < -0.3 is 14.2 Å². The molecule has 0 aliphatic carbocycles. The van der Waals surface area contributed by atoms with Crippen molar-refractivity contribution in [1.29, 1.82) is 0 Å². The second-order valence-corrected chi connectivity index (χ2v) is 10.7. The van der Waals surface area contributed by atoms with E-state index < -0.39 is 34.2 Å². The maximum absolute atomic E-state index is 12.4. The average Bonchev–Trinajstić information content (AvgIpc) is 3.13. The summed E-state index contributed by atoms with van der Waals surface area (Å²) in [7, 11) is -2.46. The summed E-state index contributed by atoms with van der Waals surface area (Å²) < 4.78 is 43.1. The third-order valence-electron chi connectivity index (χ3n) is 4.19. The van der Waals surface area contributed by atoms with Crippen molar-refractivity contribution in [3.05, 3.63) is 53.0 Å². The molecule has 0 unspecified atom stereocenters. The van der Waals surface area contributed by atoms with Gasteiger partial charge in [0, 0.05) is 0 Å². The van der Waals surface area contributed by atoms with Gasteiger partial charge in [0.2, 0.25) is 10.0 Å². The minimum atomic E-state index is -3.70. The SMILES string of the molecule is COC(=O)c1sc2nc(CNS(=O)(=O)c3ccccc3)ccc2c1OCC(=O)OC(C)(C)C.Cl. The first-order valence-corrected chi connectivity index (χ1v) is 12.2. The molecule has 0 spiro atoms. The Kier molecular flexibility index (Phi) is 9.01. The van der Waals surface area contributed by atoms with E-state index in [1.807, 2.05) is 0 Å². The third kappa shape index (κ3) is 6.89. The van der Waals surface area contributed by atoms with Crippen molar-refractivity contribution in [2.75, 3.05) is 13.7 Å². The third-order valence-corrected chi connectivity index (χ3v) is 6.67. The first-order chi connectivity index (χ1) is 15.5. The number of carbonyl (C=O) groups is 2. The molecule has 0 radical (unpaired) electrons. The maximum atomic E-state index is 12.4. The molecule has 1 N–H and O–H groups in total. The molecular weight excluding hydrogens is 504 g/mol. The van der Waals surface area contributed by atoms with Gasteiger partial charge in [-0.15, -0.1) is 23.7 Å². The first kappa shape index (κ1) is 27.5. The summed E-state index contributed by atoms with van der Waals surface area (Å²) >= 11 is 1.03. The summed E-state index contributed by atoms with van der Waals surface area (Å²) in [5.41, 5.74) is -0.232. The summed E-state index contributed by atoms with van der Waals surface area (Å²) in [6.07, 6.45) is 0. The molecule has 9 nitrogen and oxygen atoms in total. The van der Waals surface area contributed by atoms with Gasteiger partial charge in [-0.2, -0.15) is 0 Å². The summed E-state index contributed by atoms with van der Waals surface area (Å²) in [5, 5.41) is 0.499. The number of pyridine rings is 1. The molecule has 0 saturated carbocycles. The van der Waals surface area contributed by atoms with Crippen LogP contribution in [0.15, 0.2) is 47.4 Å². The van der Waals surface area contributed by atoms with Gasteiger partial charge in [-0.25, -0.2) is 27.7 Å². The second-order valence-electron chi connectivity index (χ2n) is 7.92. The lowest BCUT2D eigenvalue weighted by Crippen LogP contribution is -2.27. The van der Waals surface area contributed by atoms with Crippen LogP contribution in [0.5, 0.6) is 5.75 Å². The Hall–Kier alpha value is -2.73. The minimum absolute atomic E-state index is 0. The van der Waals surface area contributed by atoms with Crippen molar-refractivity contribution >= 4 is 55.9 Å². The van der Waals surface area contributed by atoms with E-state index in [1.165, 1.54) is 19.2 Å². The molecule has 0 amide bonds. The fraction of sp³-hybridized carbons (Fsp3) is 0.318. The van der Waals surface area contributed by atoms with Crippen LogP contribution in [-0.2, 0) is 30.8 Å². The van der Waals surface area contributed by atoms with Crippen molar-refractivity contribution in [2.24, 2.45) is 0 Å². The zero-order valence-electron chi connectivity index (χ0n) is 19.0. The fourth-order valence-electron chi connectivity index (χ4n) is 2.82. The van der Waals surface area contributed by atoms with Gasteiger partial charge in [-0.05, 0) is 45.0 Å². The number of esters is 2. The van der Waals surface area contributed by atoms with Crippen LogP contribution in [0.1, 0.15) is 36.1 Å². The Bertz CT molecular complexity index is 1270. The predicted molar refractivity (Wildman–Crippen MR) is 130 cm³/mol. The molecule has 0 aliphatic heterocycles. The van der Waals surface area contributed by atoms with Crippen LogP contribution >= 0.6 is 23.7 Å². The topological polar surface area (TPSA) is 121 Å². The molecule has 12 heteroatoms. The predicted octanol–water partition coefficient (Wildman–Crippen LogP) is 3.70. The zero-order chi connectivity index (χ0) is 24.2. The van der Waals surface area contributed by atoms with Gasteiger partial charge in [0.25, 0.3) is 0 Å². The van der Waals surface area contributed by atoms with Gasteiger partial charge in [-0.3, -0.25) is 0 Å². The maximum Gasteiger partial charge on any atom is 0.351 e. The Labute approximate surface area is 207 Å². The molecule has 34 heavy (non-hydrogen) atoms. The Morgan fingerprint density at radius 2 is 1.76 bits per heavy atom. The molecule has 2 heterocycles. The zero-order valence-corrected chi connectivity index (χ0v) is 21.4. The van der Waals surface area contributed by atoms with Crippen LogP contribution < -0.4 is 9.46 Å². The molecule has 1 aromatic carbocycles. The number of methoxy groups -OCH3 is 1. The van der Waals surface area contributed by atoms with Gasteiger partial charge in [0.1, 0.15) is 10.4 Å². The molecule has 2 aromatic heterocycles. The summed E-state index contributed by atoms with van der Waals surface area (Å²) in [5.74, 6) is -1.06. The summed E-state index contributed by atoms with van der Waals surface area (Å²) in [6.45, 7) is 4.77. The highest BCUT2D eigenvalue weighted by Crippen LogP contribution is 2.37. The Balaban J connectivity index is 0.00000408. The number of thiophene rings is 1. The number of hydrogen-bond donors (Lipinski definition) is 1. The number of nitrogens with one attached hydrogen (secondary N) is 1. The number of nitrogens with zero attached hydrogens (tertiary/aromatic N) is 1. The van der Waals surface area contributed by atoms with E-state index in [9.17, 15) is 18.0 Å². The number of halogens is 1. The quantitative estimate of drug-likeness (QED) is 0.439. The number of rotatable bonds is 8. The molecule has 0 aliphatic rings. The normalized spacial score (nSPS) is 11.5. The van der Waals surface area contributed by atoms with E-state index in [2.05, 4.69) is 9.71 Å². The first-order valence-electron chi connectivity index (χ1n) is 9.90. The average molecular weight is 529 g/mol. The smallest absolute Gasteiger partial charge is 0.351 e. The van der Waals surface area contributed by atoms with E-state index >= 15 is 0 Å². The fourth-order valence-corrected chi connectivity index (χ4v) is 4.89. The van der Waals surface area contributed by atoms with Gasteiger partial charge in [0.15, 0.2) is 17.2 Å². The highest BCUT2D eigenvalue weighted by molar-refractivity contribution is 7.89. The number of aromatic nitrogens is 1. The van der Waals surface area contributed by atoms with Crippen LogP contribution in [-0.4, -0.2) is 44.7 Å². The van der Waals surface area contributed by atoms with Crippen LogP contribution in [0.4, 0.5) is 0 Å². The number of sulfonamides is 1. The number of carbonyl (C=O) groups excluding carboxylic acids is 2. The van der Waals surface area contributed by atoms with Crippen LogP contribution in [0, 0.1) is 0 Å². The van der Waals surface area contributed by atoms with Crippen molar-refractivity contribution in [3.8, 4) is 5.75 Å². The molecule has 0 saturated heterocycles. The van der Waals surface area contributed by atoms with Gasteiger partial charge in [-0.1, -0.05) is 18.2 Å². The molecule has 3 rings (SSSR count). The van der Waals surface area contributed by atoms with E-state index in [-0.39, 0.29) is 34.5 Å². The molecule has 0 atom stereocenters. The van der Waals surface area contributed by atoms with Crippen molar-refractivity contribution in [2.45, 2.75) is 37.8 Å². The van der Waals surface area contributed by atoms with Crippen LogP contribution in [0.25, 0.3) is 10.2 Å². The number of fused-ring (bicyclic) bond motifs is 1. The number of hydrogen-bond acceptors (Lipinski definition) is 9. The number of ether oxygens (including phenoxy) is 3. The standard InChI is InChI=1S/C22H24N2O7S2.ClH/c1-22(2,3)31-17(25)13-30-18-16-11-10-14(24-20(16)32-19(18)21(26)29-4)12-23-33(27,28)15-8-6-5-7-9-15;/h5-11,23H,12-13H2,1-4H3;1H. The van der Waals surface area contributed by atoms with Gasteiger partial charge in [0.05, 0.1) is 29.6 Å². The molecular formula is C22H25ClN2O7S2. The van der Waals surface area contributed by atoms with E-state index in [0.717, 1.165) is 11.3 Å². The monoisotopic (exact) mass is 528 g/mol. The lowest BCUT2D eigenvalue weighted by Gasteiger charge is -2.19. The molecule has 184 valence electrons. The van der Waals surface area contributed by atoms with E-state index in [4.69, 9.17) is 14.2 Å². The second kappa shape index (κ2) is 11.1.